The third-order valence-electron chi connectivity index (χ3n) is 3.03. The molecule has 0 aliphatic heterocycles. The van der Waals surface area contributed by atoms with Gasteiger partial charge in [-0.3, -0.25) is 0 Å². The lowest BCUT2D eigenvalue weighted by Gasteiger charge is -2.19. The van der Waals surface area contributed by atoms with Crippen molar-refractivity contribution in [2.45, 2.75) is 4.83 Å². The highest BCUT2D eigenvalue weighted by Crippen LogP contribution is 2.44. The van der Waals surface area contributed by atoms with Crippen LogP contribution in [0.2, 0.25) is 5.02 Å². The number of ether oxygens (including phenoxy) is 2. The van der Waals surface area contributed by atoms with E-state index >= 15 is 0 Å². The van der Waals surface area contributed by atoms with Crippen LogP contribution in [0.1, 0.15) is 16.0 Å². The van der Waals surface area contributed by atoms with Crippen molar-refractivity contribution in [3.63, 3.8) is 0 Å². The monoisotopic (exact) mass is 376 g/mol. The van der Waals surface area contributed by atoms with Gasteiger partial charge in [0.05, 0.1) is 24.6 Å². The van der Waals surface area contributed by atoms with Crippen LogP contribution in [0.5, 0.6) is 11.5 Å². The van der Waals surface area contributed by atoms with Crippen LogP contribution in [0.3, 0.4) is 0 Å². The van der Waals surface area contributed by atoms with E-state index in [-0.39, 0.29) is 5.02 Å². The molecule has 0 spiro atoms. The van der Waals surface area contributed by atoms with Gasteiger partial charge in [0, 0.05) is 5.02 Å². The van der Waals surface area contributed by atoms with Crippen molar-refractivity contribution < 1.29 is 18.3 Å². The Balaban J connectivity index is 2.59. The van der Waals surface area contributed by atoms with Crippen molar-refractivity contribution in [3.8, 4) is 11.5 Å². The molecule has 0 saturated carbocycles. The first-order chi connectivity index (χ1) is 9.99. The Kier molecular flexibility index (Phi) is 5.06. The van der Waals surface area contributed by atoms with E-state index in [0.29, 0.717) is 22.6 Å². The molecule has 2 aromatic rings. The summed E-state index contributed by atoms with van der Waals surface area (Å²) >= 11 is 9.47. The van der Waals surface area contributed by atoms with E-state index in [4.69, 9.17) is 21.1 Å². The first-order valence-corrected chi connectivity index (χ1v) is 7.28. The number of rotatable bonds is 4. The Morgan fingerprint density at radius 1 is 1.05 bits per heavy atom. The Morgan fingerprint density at radius 2 is 1.57 bits per heavy atom. The highest BCUT2D eigenvalue weighted by molar-refractivity contribution is 9.09. The fourth-order valence-corrected chi connectivity index (χ4v) is 3.24. The maximum absolute atomic E-state index is 13.5. The van der Waals surface area contributed by atoms with Crippen molar-refractivity contribution in [1.29, 1.82) is 0 Å². The molecule has 21 heavy (non-hydrogen) atoms. The van der Waals surface area contributed by atoms with Crippen LogP contribution in [0.25, 0.3) is 0 Å². The molecule has 1 atom stereocenters. The molecule has 0 bridgehead atoms. The molecule has 0 aliphatic carbocycles. The van der Waals surface area contributed by atoms with Crippen molar-refractivity contribution in [1.82, 2.24) is 0 Å². The molecule has 0 aromatic heterocycles. The third-order valence-corrected chi connectivity index (χ3v) is 4.31. The number of hydrogen-bond acceptors (Lipinski definition) is 2. The highest BCUT2D eigenvalue weighted by atomic mass is 79.9. The second-order valence-corrected chi connectivity index (χ2v) is 5.55. The molecule has 2 rings (SSSR count). The minimum atomic E-state index is -0.990. The maximum atomic E-state index is 13.5. The van der Waals surface area contributed by atoms with E-state index in [0.717, 1.165) is 12.1 Å². The minimum absolute atomic E-state index is 0.115. The van der Waals surface area contributed by atoms with Gasteiger partial charge in [0.15, 0.2) is 11.6 Å². The smallest absolute Gasteiger partial charge is 0.160 e. The zero-order chi connectivity index (χ0) is 15.6. The zero-order valence-corrected chi connectivity index (χ0v) is 13.6. The summed E-state index contributed by atoms with van der Waals surface area (Å²) in [6.07, 6.45) is 0. The van der Waals surface area contributed by atoms with Crippen molar-refractivity contribution in [2.75, 3.05) is 14.2 Å². The van der Waals surface area contributed by atoms with Crippen molar-refractivity contribution in [3.05, 3.63) is 58.1 Å². The second-order valence-electron chi connectivity index (χ2n) is 4.23. The van der Waals surface area contributed by atoms with Crippen LogP contribution < -0.4 is 9.47 Å². The SMILES string of the molecule is COc1cccc(OC)c1C(Br)c1cc(F)c(F)cc1Cl. The van der Waals surface area contributed by atoms with Gasteiger partial charge in [0.2, 0.25) is 0 Å². The number of methoxy groups -OCH3 is 2. The summed E-state index contributed by atoms with van der Waals surface area (Å²) in [5.74, 6) is -0.850. The van der Waals surface area contributed by atoms with Crippen LogP contribution in [-0.2, 0) is 0 Å². The van der Waals surface area contributed by atoms with Crippen LogP contribution in [0.15, 0.2) is 30.3 Å². The first-order valence-electron chi connectivity index (χ1n) is 5.99. The quantitative estimate of drug-likeness (QED) is 0.544. The predicted molar refractivity (Wildman–Crippen MR) is 81.7 cm³/mol. The van der Waals surface area contributed by atoms with Gasteiger partial charge in [-0.2, -0.15) is 0 Å². The van der Waals surface area contributed by atoms with Crippen molar-refractivity contribution in [2.24, 2.45) is 0 Å². The van der Waals surface area contributed by atoms with Crippen LogP contribution in [0, 0.1) is 11.6 Å². The number of hydrogen-bond donors (Lipinski definition) is 0. The summed E-state index contributed by atoms with van der Waals surface area (Å²) < 4.78 is 37.3. The minimum Gasteiger partial charge on any atom is -0.496 e. The van der Waals surface area contributed by atoms with E-state index < -0.39 is 16.5 Å². The summed E-state index contributed by atoms with van der Waals surface area (Å²) in [5, 5.41) is 0.115. The van der Waals surface area contributed by atoms with E-state index in [1.165, 1.54) is 14.2 Å². The largest absolute Gasteiger partial charge is 0.496 e. The molecule has 112 valence electrons. The lowest BCUT2D eigenvalue weighted by atomic mass is 10.0. The molecular formula is C15H12BrClF2O2. The molecular weight excluding hydrogens is 366 g/mol. The molecule has 0 saturated heterocycles. The molecule has 0 amide bonds. The lowest BCUT2D eigenvalue weighted by Crippen LogP contribution is -2.02. The Hall–Kier alpha value is -1.33. The molecule has 0 heterocycles. The van der Waals surface area contributed by atoms with Gasteiger partial charge in [0.1, 0.15) is 11.5 Å². The number of halogens is 4. The van der Waals surface area contributed by atoms with Gasteiger partial charge in [0.25, 0.3) is 0 Å². The third kappa shape index (κ3) is 3.14. The van der Waals surface area contributed by atoms with Gasteiger partial charge >= 0.3 is 0 Å². The summed E-state index contributed by atoms with van der Waals surface area (Å²) in [6.45, 7) is 0. The highest BCUT2D eigenvalue weighted by Gasteiger charge is 2.23. The summed E-state index contributed by atoms with van der Waals surface area (Å²) in [7, 11) is 3.04. The summed E-state index contributed by atoms with van der Waals surface area (Å²) in [5.41, 5.74) is 1.04. The van der Waals surface area contributed by atoms with Crippen LogP contribution in [0.4, 0.5) is 8.78 Å². The fourth-order valence-electron chi connectivity index (χ4n) is 2.02. The van der Waals surface area contributed by atoms with Gasteiger partial charge in [-0.1, -0.05) is 33.6 Å². The fraction of sp³-hybridized carbons (Fsp3) is 0.200. The van der Waals surface area contributed by atoms with E-state index in [1.807, 2.05) is 0 Å². The second kappa shape index (κ2) is 6.62. The number of benzene rings is 2. The van der Waals surface area contributed by atoms with Gasteiger partial charge in [-0.05, 0) is 29.8 Å². The molecule has 1 unspecified atom stereocenters. The van der Waals surface area contributed by atoms with Gasteiger partial charge < -0.3 is 9.47 Å². The average molecular weight is 378 g/mol. The molecule has 6 heteroatoms. The molecule has 0 radical (unpaired) electrons. The summed E-state index contributed by atoms with van der Waals surface area (Å²) in [4.78, 5) is -0.508. The van der Waals surface area contributed by atoms with E-state index in [2.05, 4.69) is 15.9 Å². The molecule has 2 nitrogen and oxygen atoms in total. The van der Waals surface area contributed by atoms with Crippen LogP contribution in [-0.4, -0.2) is 14.2 Å². The van der Waals surface area contributed by atoms with Gasteiger partial charge in [-0.15, -0.1) is 0 Å². The normalized spacial score (nSPS) is 12.1. The maximum Gasteiger partial charge on any atom is 0.160 e. The molecule has 0 fully saturated rings. The molecule has 0 N–H and O–H groups in total. The zero-order valence-electron chi connectivity index (χ0n) is 11.3. The van der Waals surface area contributed by atoms with Crippen LogP contribution >= 0.6 is 27.5 Å². The van der Waals surface area contributed by atoms with E-state index in [9.17, 15) is 8.78 Å². The Morgan fingerprint density at radius 3 is 2.10 bits per heavy atom. The molecule has 2 aromatic carbocycles. The Labute approximate surface area is 134 Å². The lowest BCUT2D eigenvalue weighted by molar-refractivity contribution is 0.386. The summed E-state index contributed by atoms with van der Waals surface area (Å²) in [6, 6.07) is 7.28. The van der Waals surface area contributed by atoms with Crippen molar-refractivity contribution >= 4 is 27.5 Å². The first kappa shape index (κ1) is 16.0. The standard InChI is InChI=1S/C15H12BrClF2O2/c1-20-12-4-3-5-13(21-2)14(12)15(16)8-6-10(18)11(19)7-9(8)17/h3-7,15H,1-2H3. The molecule has 0 aliphatic rings. The van der Waals surface area contributed by atoms with E-state index in [1.54, 1.807) is 18.2 Å². The van der Waals surface area contributed by atoms with Gasteiger partial charge in [-0.25, -0.2) is 8.78 Å². The Bertz CT molecular complexity index is 642. The predicted octanol–water partition coefficient (Wildman–Crippen LogP) is 5.12. The average Bonchev–Trinajstić information content (AvgIpc) is 2.49. The number of alkyl halides is 1. The topological polar surface area (TPSA) is 18.5 Å².